The van der Waals surface area contributed by atoms with E-state index in [1.54, 1.807) is 36.4 Å². The van der Waals surface area contributed by atoms with Crippen molar-refractivity contribution in [3.8, 4) is 0 Å². The Morgan fingerprint density at radius 1 is 1.35 bits per heavy atom. The van der Waals surface area contributed by atoms with Crippen molar-refractivity contribution in [2.75, 3.05) is 5.32 Å². The predicted octanol–water partition coefficient (Wildman–Crippen LogP) is 3.78. The molecule has 3 nitrogen and oxygen atoms in total. The van der Waals surface area contributed by atoms with Gasteiger partial charge in [-0.25, -0.2) is 0 Å². The zero-order valence-corrected chi connectivity index (χ0v) is 13.6. The van der Waals surface area contributed by atoms with Gasteiger partial charge in [-0.15, -0.1) is 0 Å². The highest BCUT2D eigenvalue weighted by Crippen LogP contribution is 2.35. The molecule has 0 radical (unpaired) electrons. The van der Waals surface area contributed by atoms with E-state index in [1.165, 1.54) is 12.1 Å². The van der Waals surface area contributed by atoms with Crippen molar-refractivity contribution in [3.05, 3.63) is 27.3 Å². The van der Waals surface area contributed by atoms with Crippen LogP contribution in [0.25, 0.3) is 0 Å². The summed E-state index contributed by atoms with van der Waals surface area (Å²) in [7, 11) is 0. The Bertz CT molecular complexity index is 532. The SMILES string of the molecule is CC(C)C(=O)NC(=S)Nc1ccc(I)cc1C(F)(F)F. The summed E-state index contributed by atoms with van der Waals surface area (Å²) in [6, 6.07) is 3.80. The number of nitrogens with one attached hydrogen (secondary N) is 2. The van der Waals surface area contributed by atoms with Gasteiger partial charge in [-0.2, -0.15) is 13.2 Å². The predicted molar refractivity (Wildman–Crippen MR) is 83.4 cm³/mol. The second kappa shape index (κ2) is 6.70. The van der Waals surface area contributed by atoms with Gasteiger partial charge >= 0.3 is 6.18 Å². The topological polar surface area (TPSA) is 41.1 Å². The zero-order chi connectivity index (χ0) is 15.5. The first-order valence-electron chi connectivity index (χ1n) is 5.60. The molecule has 1 amide bonds. The lowest BCUT2D eigenvalue weighted by Crippen LogP contribution is -2.37. The van der Waals surface area contributed by atoms with Gasteiger partial charge in [-0.05, 0) is 53.0 Å². The molecule has 0 spiro atoms. The fourth-order valence-corrected chi connectivity index (χ4v) is 1.97. The number of benzene rings is 1. The minimum atomic E-state index is -4.50. The number of amides is 1. The summed E-state index contributed by atoms with van der Waals surface area (Å²) in [6.07, 6.45) is -4.50. The Balaban J connectivity index is 2.93. The first-order chi connectivity index (χ1) is 9.11. The maximum atomic E-state index is 12.9. The number of rotatable bonds is 2. The lowest BCUT2D eigenvalue weighted by Gasteiger charge is -2.16. The summed E-state index contributed by atoms with van der Waals surface area (Å²) in [6.45, 7) is 3.31. The van der Waals surface area contributed by atoms with Gasteiger partial charge in [0.25, 0.3) is 0 Å². The first kappa shape index (κ1) is 17.2. The average molecular weight is 416 g/mol. The normalized spacial score (nSPS) is 11.3. The fourth-order valence-electron chi connectivity index (χ4n) is 1.27. The van der Waals surface area contributed by atoms with Crippen molar-refractivity contribution in [1.82, 2.24) is 5.32 Å². The molecule has 1 aromatic carbocycles. The van der Waals surface area contributed by atoms with Crippen LogP contribution in [0.4, 0.5) is 18.9 Å². The molecule has 1 rings (SSSR count). The molecule has 1 aromatic rings. The minimum absolute atomic E-state index is 0.157. The molecule has 0 unspecified atom stereocenters. The van der Waals surface area contributed by atoms with E-state index in [0.29, 0.717) is 3.57 Å². The maximum absolute atomic E-state index is 12.9. The standard InChI is InChI=1S/C12H12F3IN2OS/c1-6(2)10(19)18-11(20)17-9-4-3-7(16)5-8(9)12(13,14)15/h3-6H,1-2H3,(H2,17,18,19,20). The van der Waals surface area contributed by atoms with Crippen LogP contribution in [-0.2, 0) is 11.0 Å². The summed E-state index contributed by atoms with van der Waals surface area (Å²) < 4.78 is 39.1. The van der Waals surface area contributed by atoms with E-state index in [9.17, 15) is 18.0 Å². The molecule has 20 heavy (non-hydrogen) atoms. The average Bonchev–Trinajstić information content (AvgIpc) is 2.29. The molecular weight excluding hydrogens is 404 g/mol. The van der Waals surface area contributed by atoms with Gasteiger partial charge in [0.2, 0.25) is 5.91 Å². The largest absolute Gasteiger partial charge is 0.418 e. The molecule has 0 aliphatic rings. The number of anilines is 1. The highest BCUT2D eigenvalue weighted by atomic mass is 127. The maximum Gasteiger partial charge on any atom is 0.418 e. The second-order valence-electron chi connectivity index (χ2n) is 4.29. The van der Waals surface area contributed by atoms with Crippen LogP contribution in [0.15, 0.2) is 18.2 Å². The van der Waals surface area contributed by atoms with Gasteiger partial charge in [0.15, 0.2) is 5.11 Å². The Labute approximate surface area is 133 Å². The van der Waals surface area contributed by atoms with E-state index in [-0.39, 0.29) is 22.6 Å². The molecule has 0 aliphatic heterocycles. The van der Waals surface area contributed by atoms with Gasteiger partial charge in [0.05, 0.1) is 11.3 Å². The van der Waals surface area contributed by atoms with E-state index >= 15 is 0 Å². The molecule has 0 atom stereocenters. The van der Waals surface area contributed by atoms with Crippen LogP contribution >= 0.6 is 34.8 Å². The molecular formula is C12H12F3IN2OS. The minimum Gasteiger partial charge on any atom is -0.332 e. The zero-order valence-electron chi connectivity index (χ0n) is 10.6. The van der Waals surface area contributed by atoms with E-state index in [4.69, 9.17) is 12.2 Å². The molecule has 0 aliphatic carbocycles. The Hall–Kier alpha value is -0.900. The third-order valence-electron chi connectivity index (χ3n) is 2.30. The van der Waals surface area contributed by atoms with E-state index in [2.05, 4.69) is 10.6 Å². The summed E-state index contributed by atoms with van der Waals surface area (Å²) in [4.78, 5) is 11.4. The number of halogens is 4. The highest BCUT2D eigenvalue weighted by molar-refractivity contribution is 14.1. The van der Waals surface area contributed by atoms with Gasteiger partial charge < -0.3 is 10.6 Å². The van der Waals surface area contributed by atoms with Crippen molar-refractivity contribution in [3.63, 3.8) is 0 Å². The molecule has 110 valence electrons. The first-order valence-corrected chi connectivity index (χ1v) is 7.08. The third kappa shape index (κ3) is 4.89. The smallest absolute Gasteiger partial charge is 0.332 e. The van der Waals surface area contributed by atoms with Crippen molar-refractivity contribution in [2.24, 2.45) is 5.92 Å². The summed E-state index contributed by atoms with van der Waals surface area (Å²) >= 11 is 6.63. The lowest BCUT2D eigenvalue weighted by atomic mass is 10.1. The molecule has 0 saturated heterocycles. The van der Waals surface area contributed by atoms with E-state index in [1.807, 2.05) is 0 Å². The summed E-state index contributed by atoms with van der Waals surface area (Å²) in [5.41, 5.74) is -1.02. The highest BCUT2D eigenvalue weighted by Gasteiger charge is 2.34. The Morgan fingerprint density at radius 2 is 1.95 bits per heavy atom. The Morgan fingerprint density at radius 3 is 2.45 bits per heavy atom. The van der Waals surface area contributed by atoms with Crippen LogP contribution in [0.5, 0.6) is 0 Å². The molecule has 8 heteroatoms. The van der Waals surface area contributed by atoms with Crippen molar-refractivity contribution in [1.29, 1.82) is 0 Å². The molecule has 0 saturated carbocycles. The quantitative estimate of drug-likeness (QED) is 0.570. The van der Waals surface area contributed by atoms with Crippen LogP contribution in [0.2, 0.25) is 0 Å². The van der Waals surface area contributed by atoms with Crippen molar-refractivity contribution in [2.45, 2.75) is 20.0 Å². The summed E-state index contributed by atoms with van der Waals surface area (Å²) in [5, 5.41) is 4.58. The molecule has 0 bridgehead atoms. The molecule has 0 fully saturated rings. The number of thiocarbonyl (C=S) groups is 1. The number of carbonyl (C=O) groups is 1. The van der Waals surface area contributed by atoms with E-state index < -0.39 is 11.7 Å². The lowest BCUT2D eigenvalue weighted by molar-refractivity contribution is -0.137. The van der Waals surface area contributed by atoms with Gasteiger partial charge in [0, 0.05) is 9.49 Å². The summed E-state index contributed by atoms with van der Waals surface area (Å²) in [5.74, 6) is -0.671. The second-order valence-corrected chi connectivity index (χ2v) is 5.94. The fraction of sp³-hybridized carbons (Fsp3) is 0.333. The van der Waals surface area contributed by atoms with Crippen LogP contribution in [0.1, 0.15) is 19.4 Å². The number of carbonyl (C=O) groups excluding carboxylic acids is 1. The number of hydrogen-bond donors (Lipinski definition) is 2. The van der Waals surface area contributed by atoms with Crippen LogP contribution in [-0.4, -0.2) is 11.0 Å². The van der Waals surface area contributed by atoms with Crippen molar-refractivity contribution >= 4 is 51.5 Å². The van der Waals surface area contributed by atoms with E-state index in [0.717, 1.165) is 6.07 Å². The van der Waals surface area contributed by atoms with Crippen molar-refractivity contribution < 1.29 is 18.0 Å². The monoisotopic (exact) mass is 416 g/mol. The number of alkyl halides is 3. The Kier molecular flexibility index (Phi) is 5.75. The van der Waals surface area contributed by atoms with Crippen LogP contribution < -0.4 is 10.6 Å². The molecule has 2 N–H and O–H groups in total. The van der Waals surface area contributed by atoms with Crippen LogP contribution in [0, 0.1) is 9.49 Å². The molecule has 0 aromatic heterocycles. The van der Waals surface area contributed by atoms with Gasteiger partial charge in [-0.3, -0.25) is 4.79 Å². The van der Waals surface area contributed by atoms with Gasteiger partial charge in [0.1, 0.15) is 0 Å². The third-order valence-corrected chi connectivity index (χ3v) is 3.17. The van der Waals surface area contributed by atoms with Crippen LogP contribution in [0.3, 0.4) is 0 Å². The number of hydrogen-bond acceptors (Lipinski definition) is 2. The molecule has 0 heterocycles. The van der Waals surface area contributed by atoms with Gasteiger partial charge in [-0.1, -0.05) is 13.8 Å².